The molecular formula is C19H24ClNO2. The molecule has 0 saturated heterocycles. The maximum absolute atomic E-state index is 6.29. The molecule has 0 spiro atoms. The summed E-state index contributed by atoms with van der Waals surface area (Å²) in [6.45, 7) is 5.75. The number of benzene rings is 2. The van der Waals surface area contributed by atoms with Crippen LogP contribution in [0.4, 0.5) is 0 Å². The van der Waals surface area contributed by atoms with Crippen molar-refractivity contribution < 1.29 is 9.47 Å². The molecule has 0 heterocycles. The molecule has 0 bridgehead atoms. The van der Waals surface area contributed by atoms with Crippen LogP contribution in [0, 0.1) is 0 Å². The van der Waals surface area contributed by atoms with E-state index in [0.29, 0.717) is 30.5 Å². The molecule has 1 atom stereocenters. The molecular weight excluding hydrogens is 310 g/mol. The van der Waals surface area contributed by atoms with Gasteiger partial charge in [0.15, 0.2) is 0 Å². The lowest BCUT2D eigenvalue weighted by Gasteiger charge is -2.17. The van der Waals surface area contributed by atoms with E-state index < -0.39 is 0 Å². The van der Waals surface area contributed by atoms with Crippen LogP contribution >= 0.6 is 11.6 Å². The summed E-state index contributed by atoms with van der Waals surface area (Å²) in [5.41, 5.74) is 8.32. The van der Waals surface area contributed by atoms with E-state index in [-0.39, 0.29) is 5.92 Å². The van der Waals surface area contributed by atoms with Gasteiger partial charge in [-0.25, -0.2) is 0 Å². The van der Waals surface area contributed by atoms with Gasteiger partial charge in [-0.15, -0.1) is 0 Å². The van der Waals surface area contributed by atoms with Crippen LogP contribution < -0.4 is 15.2 Å². The predicted molar refractivity (Wildman–Crippen MR) is 95.7 cm³/mol. The first-order valence-electron chi connectivity index (χ1n) is 8.02. The minimum atomic E-state index is 0.208. The monoisotopic (exact) mass is 333 g/mol. The molecule has 0 aliphatic heterocycles. The fourth-order valence-corrected chi connectivity index (χ4v) is 2.84. The Hall–Kier alpha value is -1.71. The molecule has 0 aliphatic carbocycles. The van der Waals surface area contributed by atoms with E-state index in [4.69, 9.17) is 26.8 Å². The first-order chi connectivity index (χ1) is 11.2. The number of rotatable bonds is 8. The third kappa shape index (κ3) is 4.88. The van der Waals surface area contributed by atoms with Crippen molar-refractivity contribution in [2.75, 3.05) is 19.8 Å². The Morgan fingerprint density at radius 2 is 1.83 bits per heavy atom. The molecule has 0 amide bonds. The number of halogens is 1. The number of ether oxygens (including phenoxy) is 2. The highest BCUT2D eigenvalue weighted by Gasteiger charge is 2.13. The fraction of sp³-hybridized carbons (Fsp3) is 0.368. The van der Waals surface area contributed by atoms with Gasteiger partial charge < -0.3 is 15.2 Å². The van der Waals surface area contributed by atoms with Crippen molar-refractivity contribution in [3.63, 3.8) is 0 Å². The third-order valence-electron chi connectivity index (χ3n) is 3.70. The summed E-state index contributed by atoms with van der Waals surface area (Å²) in [7, 11) is 0. The molecule has 0 saturated carbocycles. The van der Waals surface area contributed by atoms with Gasteiger partial charge in [0.05, 0.1) is 18.2 Å². The smallest absolute Gasteiger partial charge is 0.137 e. The molecule has 0 radical (unpaired) electrons. The Morgan fingerprint density at radius 1 is 1.04 bits per heavy atom. The van der Waals surface area contributed by atoms with Crippen LogP contribution in [0.5, 0.6) is 11.5 Å². The van der Waals surface area contributed by atoms with Crippen LogP contribution in [-0.2, 0) is 6.42 Å². The second kappa shape index (κ2) is 8.80. The van der Waals surface area contributed by atoms with E-state index in [1.807, 2.05) is 44.2 Å². The Labute approximate surface area is 143 Å². The first-order valence-corrected chi connectivity index (χ1v) is 8.39. The molecule has 0 aliphatic rings. The molecule has 2 rings (SSSR count). The lowest BCUT2D eigenvalue weighted by atomic mass is 9.92. The van der Waals surface area contributed by atoms with Crippen LogP contribution in [0.1, 0.15) is 30.9 Å². The van der Waals surface area contributed by atoms with E-state index in [1.54, 1.807) is 0 Å². The zero-order chi connectivity index (χ0) is 16.7. The topological polar surface area (TPSA) is 44.5 Å². The summed E-state index contributed by atoms with van der Waals surface area (Å²) >= 11 is 6.29. The summed E-state index contributed by atoms with van der Waals surface area (Å²) < 4.78 is 11.0. The van der Waals surface area contributed by atoms with Crippen molar-refractivity contribution in [3.05, 3.63) is 58.6 Å². The quantitative estimate of drug-likeness (QED) is 0.777. The van der Waals surface area contributed by atoms with Gasteiger partial charge in [-0.1, -0.05) is 29.8 Å². The average molecular weight is 334 g/mol. The summed E-state index contributed by atoms with van der Waals surface area (Å²) in [5.74, 6) is 1.82. The van der Waals surface area contributed by atoms with Crippen LogP contribution in [0.3, 0.4) is 0 Å². The average Bonchev–Trinajstić information content (AvgIpc) is 2.55. The molecule has 3 nitrogen and oxygen atoms in total. The molecule has 4 heteroatoms. The zero-order valence-electron chi connectivity index (χ0n) is 13.7. The van der Waals surface area contributed by atoms with Gasteiger partial charge in [-0.3, -0.25) is 0 Å². The SMILES string of the molecule is CCOc1cccc(CC(CN)c2ccc(OCC)c(Cl)c2)c1. The molecule has 2 N–H and O–H groups in total. The van der Waals surface area contributed by atoms with Gasteiger partial charge in [0.2, 0.25) is 0 Å². The van der Waals surface area contributed by atoms with E-state index >= 15 is 0 Å². The van der Waals surface area contributed by atoms with Crippen molar-refractivity contribution >= 4 is 11.6 Å². The highest BCUT2D eigenvalue weighted by Crippen LogP contribution is 2.30. The minimum Gasteiger partial charge on any atom is -0.494 e. The molecule has 0 aromatic heterocycles. The first kappa shape index (κ1) is 17.6. The molecule has 0 fully saturated rings. The highest BCUT2D eigenvalue weighted by molar-refractivity contribution is 6.32. The largest absolute Gasteiger partial charge is 0.494 e. The summed E-state index contributed by atoms with van der Waals surface area (Å²) in [5, 5.41) is 0.630. The summed E-state index contributed by atoms with van der Waals surface area (Å²) in [6, 6.07) is 14.1. The van der Waals surface area contributed by atoms with Gasteiger partial charge >= 0.3 is 0 Å². The van der Waals surface area contributed by atoms with Crippen molar-refractivity contribution in [2.24, 2.45) is 5.73 Å². The van der Waals surface area contributed by atoms with E-state index in [0.717, 1.165) is 17.7 Å². The fourth-order valence-electron chi connectivity index (χ4n) is 2.59. The minimum absolute atomic E-state index is 0.208. The van der Waals surface area contributed by atoms with Crippen LogP contribution in [0.2, 0.25) is 5.02 Å². The second-order valence-corrected chi connectivity index (χ2v) is 5.75. The van der Waals surface area contributed by atoms with Crippen molar-refractivity contribution in [3.8, 4) is 11.5 Å². The Bertz CT molecular complexity index is 631. The lowest BCUT2D eigenvalue weighted by molar-refractivity contribution is 0.340. The van der Waals surface area contributed by atoms with E-state index in [9.17, 15) is 0 Å². The molecule has 124 valence electrons. The number of nitrogens with two attached hydrogens (primary N) is 1. The second-order valence-electron chi connectivity index (χ2n) is 5.34. The Morgan fingerprint density at radius 3 is 2.48 bits per heavy atom. The standard InChI is InChI=1S/C19H24ClNO2/c1-3-22-17-7-5-6-14(11-17)10-16(13-21)15-8-9-19(23-4-2)18(20)12-15/h5-9,11-12,16H,3-4,10,13,21H2,1-2H3. The van der Waals surface area contributed by atoms with Crippen LogP contribution in [0.25, 0.3) is 0 Å². The summed E-state index contributed by atoms with van der Waals surface area (Å²) in [6.07, 6.45) is 0.849. The molecule has 23 heavy (non-hydrogen) atoms. The summed E-state index contributed by atoms with van der Waals surface area (Å²) in [4.78, 5) is 0. The maximum atomic E-state index is 6.29. The van der Waals surface area contributed by atoms with Gasteiger partial charge in [-0.05, 0) is 62.2 Å². The van der Waals surface area contributed by atoms with Gasteiger partial charge in [0, 0.05) is 5.92 Å². The van der Waals surface area contributed by atoms with Gasteiger partial charge in [0.25, 0.3) is 0 Å². The number of hydrogen-bond donors (Lipinski definition) is 1. The van der Waals surface area contributed by atoms with Crippen molar-refractivity contribution in [2.45, 2.75) is 26.2 Å². The Balaban J connectivity index is 2.16. The van der Waals surface area contributed by atoms with Crippen LogP contribution in [0.15, 0.2) is 42.5 Å². The van der Waals surface area contributed by atoms with Gasteiger partial charge in [0.1, 0.15) is 11.5 Å². The number of hydrogen-bond acceptors (Lipinski definition) is 3. The molecule has 2 aromatic rings. The zero-order valence-corrected chi connectivity index (χ0v) is 14.5. The maximum Gasteiger partial charge on any atom is 0.137 e. The van der Waals surface area contributed by atoms with Crippen molar-refractivity contribution in [1.29, 1.82) is 0 Å². The van der Waals surface area contributed by atoms with Gasteiger partial charge in [-0.2, -0.15) is 0 Å². The highest BCUT2D eigenvalue weighted by atomic mass is 35.5. The molecule has 1 unspecified atom stereocenters. The molecule has 2 aromatic carbocycles. The van der Waals surface area contributed by atoms with Crippen molar-refractivity contribution in [1.82, 2.24) is 0 Å². The van der Waals surface area contributed by atoms with E-state index in [2.05, 4.69) is 12.1 Å². The predicted octanol–water partition coefficient (Wildman–Crippen LogP) is 4.42. The normalized spacial score (nSPS) is 12.0. The van der Waals surface area contributed by atoms with Crippen LogP contribution in [-0.4, -0.2) is 19.8 Å². The van der Waals surface area contributed by atoms with E-state index in [1.165, 1.54) is 5.56 Å². The Kier molecular flexibility index (Phi) is 6.75. The lowest BCUT2D eigenvalue weighted by Crippen LogP contribution is -2.15. The third-order valence-corrected chi connectivity index (χ3v) is 4.00.